The third-order valence-corrected chi connectivity index (χ3v) is 3.52. The van der Waals surface area contributed by atoms with Crippen LogP contribution in [0.15, 0.2) is 24.3 Å². The second-order valence-electron chi connectivity index (χ2n) is 4.91. The lowest BCUT2D eigenvalue weighted by atomic mass is 10.1. The lowest BCUT2D eigenvalue weighted by Crippen LogP contribution is -2.16. The minimum atomic E-state index is -0.00657. The first-order chi connectivity index (χ1) is 9.27. The molecule has 1 aromatic carbocycles. The van der Waals surface area contributed by atoms with E-state index in [1.54, 1.807) is 0 Å². The van der Waals surface area contributed by atoms with Crippen molar-refractivity contribution in [2.24, 2.45) is 5.73 Å². The topological polar surface area (TPSA) is 35.2 Å². The van der Waals surface area contributed by atoms with Crippen molar-refractivity contribution in [2.45, 2.75) is 51.6 Å². The highest BCUT2D eigenvalue weighted by molar-refractivity contribution is 6.30. The van der Waals surface area contributed by atoms with Crippen molar-refractivity contribution >= 4 is 11.6 Å². The van der Waals surface area contributed by atoms with Crippen LogP contribution in [0.4, 0.5) is 0 Å². The second-order valence-corrected chi connectivity index (χ2v) is 5.35. The van der Waals surface area contributed by atoms with Crippen molar-refractivity contribution in [3.05, 3.63) is 34.9 Å². The summed E-state index contributed by atoms with van der Waals surface area (Å²) in [6, 6.07) is 7.74. The molecule has 0 heterocycles. The van der Waals surface area contributed by atoms with Gasteiger partial charge in [-0.25, -0.2) is 0 Å². The van der Waals surface area contributed by atoms with Crippen molar-refractivity contribution in [1.82, 2.24) is 0 Å². The number of nitrogens with two attached hydrogens (primary N) is 1. The van der Waals surface area contributed by atoms with Crippen LogP contribution >= 0.6 is 11.6 Å². The molecule has 0 aliphatic rings. The molecule has 1 atom stereocenters. The zero-order valence-electron chi connectivity index (χ0n) is 11.9. The van der Waals surface area contributed by atoms with E-state index in [1.807, 2.05) is 24.3 Å². The Morgan fingerprint density at radius 1 is 1.05 bits per heavy atom. The quantitative estimate of drug-likeness (QED) is 0.631. The summed E-state index contributed by atoms with van der Waals surface area (Å²) < 4.78 is 5.86. The molecule has 2 N–H and O–H groups in total. The summed E-state index contributed by atoms with van der Waals surface area (Å²) in [7, 11) is 0. The molecule has 0 spiro atoms. The van der Waals surface area contributed by atoms with Crippen LogP contribution in [-0.2, 0) is 4.74 Å². The molecular formula is C16H26ClNO. The molecule has 0 aromatic heterocycles. The Morgan fingerprint density at radius 3 is 2.32 bits per heavy atom. The summed E-state index contributed by atoms with van der Waals surface area (Å²) in [5, 5.41) is 0.746. The molecule has 3 heteroatoms. The van der Waals surface area contributed by atoms with E-state index < -0.39 is 0 Å². The van der Waals surface area contributed by atoms with Gasteiger partial charge in [-0.05, 0) is 24.1 Å². The highest BCUT2D eigenvalue weighted by atomic mass is 35.5. The minimum absolute atomic E-state index is 0.00657. The average molecular weight is 284 g/mol. The van der Waals surface area contributed by atoms with Crippen molar-refractivity contribution < 1.29 is 4.74 Å². The number of hydrogen-bond donors (Lipinski definition) is 1. The van der Waals surface area contributed by atoms with Gasteiger partial charge in [0.1, 0.15) is 0 Å². The van der Waals surface area contributed by atoms with Gasteiger partial charge in [0.15, 0.2) is 0 Å². The number of hydrogen-bond acceptors (Lipinski definition) is 2. The van der Waals surface area contributed by atoms with Gasteiger partial charge in [0.25, 0.3) is 0 Å². The van der Waals surface area contributed by atoms with Gasteiger partial charge in [0, 0.05) is 18.2 Å². The highest BCUT2D eigenvalue weighted by Gasteiger charge is 2.09. The maximum atomic E-state index is 5.87. The SMILES string of the molecule is CCCCCCCCOC(CN)c1ccc(Cl)cc1. The lowest BCUT2D eigenvalue weighted by Gasteiger charge is -2.16. The molecule has 1 unspecified atom stereocenters. The highest BCUT2D eigenvalue weighted by Crippen LogP contribution is 2.19. The molecule has 0 saturated carbocycles. The first-order valence-electron chi connectivity index (χ1n) is 7.35. The van der Waals surface area contributed by atoms with Gasteiger partial charge < -0.3 is 10.5 Å². The number of rotatable bonds is 10. The molecule has 0 bridgehead atoms. The Kier molecular flexibility index (Phi) is 8.89. The van der Waals surface area contributed by atoms with Crippen LogP contribution in [0.1, 0.15) is 57.1 Å². The fraction of sp³-hybridized carbons (Fsp3) is 0.625. The zero-order chi connectivity index (χ0) is 13.9. The summed E-state index contributed by atoms with van der Waals surface area (Å²) in [5.74, 6) is 0. The van der Waals surface area contributed by atoms with Gasteiger partial charge in [0.05, 0.1) is 6.10 Å². The van der Waals surface area contributed by atoms with E-state index in [9.17, 15) is 0 Å². The van der Waals surface area contributed by atoms with Crippen LogP contribution in [0.25, 0.3) is 0 Å². The lowest BCUT2D eigenvalue weighted by molar-refractivity contribution is 0.0557. The summed E-state index contributed by atoms with van der Waals surface area (Å²) >= 11 is 5.87. The standard InChI is InChI=1S/C16H26ClNO/c1-2-3-4-5-6-7-12-19-16(13-18)14-8-10-15(17)11-9-14/h8-11,16H,2-7,12-13,18H2,1H3. The van der Waals surface area contributed by atoms with Crippen LogP contribution in [-0.4, -0.2) is 13.2 Å². The van der Waals surface area contributed by atoms with E-state index in [2.05, 4.69) is 6.92 Å². The summed E-state index contributed by atoms with van der Waals surface area (Å²) in [6.07, 6.45) is 7.65. The van der Waals surface area contributed by atoms with Crippen molar-refractivity contribution in [2.75, 3.05) is 13.2 Å². The second kappa shape index (κ2) is 10.2. The Balaban J connectivity index is 2.20. The fourth-order valence-electron chi connectivity index (χ4n) is 2.09. The molecule has 0 saturated heterocycles. The van der Waals surface area contributed by atoms with Crippen LogP contribution in [0.5, 0.6) is 0 Å². The van der Waals surface area contributed by atoms with Gasteiger partial charge in [-0.2, -0.15) is 0 Å². The minimum Gasteiger partial charge on any atom is -0.372 e. The molecule has 1 rings (SSSR count). The zero-order valence-corrected chi connectivity index (χ0v) is 12.7. The maximum absolute atomic E-state index is 5.87. The number of halogens is 1. The third-order valence-electron chi connectivity index (χ3n) is 3.27. The normalized spacial score (nSPS) is 12.6. The van der Waals surface area contributed by atoms with Crippen molar-refractivity contribution in [1.29, 1.82) is 0 Å². The van der Waals surface area contributed by atoms with Gasteiger partial charge in [-0.3, -0.25) is 0 Å². The molecule has 2 nitrogen and oxygen atoms in total. The number of benzene rings is 1. The number of unbranched alkanes of at least 4 members (excludes halogenated alkanes) is 5. The first-order valence-corrected chi connectivity index (χ1v) is 7.72. The first kappa shape index (κ1) is 16.5. The Hall–Kier alpha value is -0.570. The molecule has 1 aromatic rings. The molecule has 0 fully saturated rings. The molecular weight excluding hydrogens is 258 g/mol. The van der Waals surface area contributed by atoms with E-state index in [0.717, 1.165) is 23.6 Å². The van der Waals surface area contributed by atoms with Gasteiger partial charge >= 0.3 is 0 Å². The average Bonchev–Trinajstić information content (AvgIpc) is 2.43. The predicted molar refractivity (Wildman–Crippen MR) is 82.6 cm³/mol. The summed E-state index contributed by atoms with van der Waals surface area (Å²) in [5.41, 5.74) is 6.87. The smallest absolute Gasteiger partial charge is 0.0947 e. The number of ether oxygens (including phenoxy) is 1. The van der Waals surface area contributed by atoms with Crippen LogP contribution in [0.2, 0.25) is 5.02 Å². The van der Waals surface area contributed by atoms with E-state index in [1.165, 1.54) is 32.1 Å². The predicted octanol–water partition coefficient (Wildman–Crippen LogP) is 4.72. The third kappa shape index (κ3) is 6.95. The van der Waals surface area contributed by atoms with E-state index in [4.69, 9.17) is 22.1 Å². The van der Waals surface area contributed by atoms with Gasteiger partial charge in [-0.1, -0.05) is 62.8 Å². The summed E-state index contributed by atoms with van der Waals surface area (Å²) in [6.45, 7) is 3.54. The van der Waals surface area contributed by atoms with Crippen molar-refractivity contribution in [3.63, 3.8) is 0 Å². The van der Waals surface area contributed by atoms with Crippen molar-refractivity contribution in [3.8, 4) is 0 Å². The largest absolute Gasteiger partial charge is 0.372 e. The molecule has 0 amide bonds. The van der Waals surface area contributed by atoms with Gasteiger partial charge in [0.2, 0.25) is 0 Å². The van der Waals surface area contributed by atoms with Gasteiger partial charge in [-0.15, -0.1) is 0 Å². The van der Waals surface area contributed by atoms with E-state index in [0.29, 0.717) is 6.54 Å². The monoisotopic (exact) mass is 283 g/mol. The Morgan fingerprint density at radius 2 is 1.68 bits per heavy atom. The molecule has 19 heavy (non-hydrogen) atoms. The molecule has 0 aliphatic heterocycles. The van der Waals surface area contributed by atoms with E-state index >= 15 is 0 Å². The molecule has 0 radical (unpaired) electrons. The van der Waals surface area contributed by atoms with E-state index in [-0.39, 0.29) is 6.10 Å². The fourth-order valence-corrected chi connectivity index (χ4v) is 2.21. The molecule has 0 aliphatic carbocycles. The summed E-state index contributed by atoms with van der Waals surface area (Å²) in [4.78, 5) is 0. The van der Waals surface area contributed by atoms with Crippen LogP contribution in [0, 0.1) is 0 Å². The Labute approximate surface area is 122 Å². The van der Waals surface area contributed by atoms with Crippen LogP contribution < -0.4 is 5.73 Å². The molecule has 108 valence electrons. The Bertz CT molecular complexity index is 326. The van der Waals surface area contributed by atoms with Crippen LogP contribution in [0.3, 0.4) is 0 Å². The maximum Gasteiger partial charge on any atom is 0.0947 e.